The molecule has 0 N–H and O–H groups in total. The third kappa shape index (κ3) is 7.63. The number of unbranched alkanes of at least 4 members (excludes halogenated alkanes) is 2. The normalized spacial score (nSPS) is 20.5. The maximum atomic E-state index is 5.62. The molecule has 1 saturated carbocycles. The molecule has 4 heteroatoms. The highest BCUT2D eigenvalue weighted by Gasteiger charge is 2.34. The maximum absolute atomic E-state index is 5.62. The minimum Gasteiger partial charge on any atom is -0.445 e. The minimum absolute atomic E-state index is 0.570. The number of fused-ring (bicyclic) bond motifs is 1. The lowest BCUT2D eigenvalue weighted by Crippen LogP contribution is -2.30. The first-order valence-corrected chi connectivity index (χ1v) is 14.3. The Morgan fingerprint density at radius 3 is 2.42 bits per heavy atom. The van der Waals surface area contributed by atoms with E-state index in [1.807, 2.05) is 30.0 Å². The van der Waals surface area contributed by atoms with Crippen LogP contribution in [0.5, 0.6) is 0 Å². The highest BCUT2D eigenvalue weighted by molar-refractivity contribution is 8.00. The van der Waals surface area contributed by atoms with Crippen LogP contribution in [0.4, 0.5) is 0 Å². The Morgan fingerprint density at radius 2 is 1.76 bits per heavy atom. The van der Waals surface area contributed by atoms with Crippen molar-refractivity contribution < 1.29 is 4.42 Å². The second-order valence-corrected chi connectivity index (χ2v) is 11.4. The van der Waals surface area contributed by atoms with Gasteiger partial charge in [-0.05, 0) is 73.0 Å². The first-order valence-electron chi connectivity index (χ1n) is 12.4. The topological polar surface area (TPSA) is 13.1 Å². The van der Waals surface area contributed by atoms with Crippen LogP contribution in [-0.2, 0) is 0 Å². The number of hydrogen-bond donors (Lipinski definition) is 1. The molecule has 0 spiro atoms. The zero-order valence-electron chi connectivity index (χ0n) is 20.2. The van der Waals surface area contributed by atoms with E-state index in [0.29, 0.717) is 9.96 Å². The van der Waals surface area contributed by atoms with Crippen LogP contribution in [0.2, 0.25) is 0 Å². The number of benzene rings is 2. The first kappa shape index (κ1) is 26.4. The molecule has 4 atom stereocenters. The molecule has 1 heterocycles. The standard InChI is InChI=1S/C17H22OS3.C12H16/c1-2-13(8-4-3-7-11-19)21-16-12-17(20)18-15-10-6-5-9-14(15)16;1-9-8-12(10(9)2)11-6-4-3-5-7-11/h5-6,9-10,12-13,19H,2-4,7-8,11H2,1H3;3-7,9-10,12H,8H2,1-2H3. The molecule has 0 amide bonds. The van der Waals surface area contributed by atoms with E-state index in [1.54, 1.807) is 0 Å². The summed E-state index contributed by atoms with van der Waals surface area (Å²) in [5, 5.41) is 1.81. The summed E-state index contributed by atoms with van der Waals surface area (Å²) in [6.45, 7) is 6.98. The van der Waals surface area contributed by atoms with E-state index in [2.05, 4.69) is 75.9 Å². The second-order valence-electron chi connectivity index (χ2n) is 9.24. The van der Waals surface area contributed by atoms with Crippen LogP contribution in [0.3, 0.4) is 0 Å². The smallest absolute Gasteiger partial charge is 0.191 e. The molecule has 1 aliphatic rings. The van der Waals surface area contributed by atoms with Gasteiger partial charge in [0.1, 0.15) is 5.58 Å². The monoisotopic (exact) mass is 498 g/mol. The van der Waals surface area contributed by atoms with Gasteiger partial charge in [0.05, 0.1) is 0 Å². The van der Waals surface area contributed by atoms with Crippen molar-refractivity contribution in [1.29, 1.82) is 0 Å². The Labute approximate surface area is 215 Å². The van der Waals surface area contributed by atoms with E-state index in [-0.39, 0.29) is 0 Å². The minimum atomic E-state index is 0.570. The van der Waals surface area contributed by atoms with Crippen LogP contribution in [0, 0.1) is 16.5 Å². The van der Waals surface area contributed by atoms with E-state index in [4.69, 9.17) is 16.6 Å². The van der Waals surface area contributed by atoms with Crippen molar-refractivity contribution in [3.05, 3.63) is 70.9 Å². The van der Waals surface area contributed by atoms with Crippen molar-refractivity contribution >= 4 is 47.6 Å². The summed E-state index contributed by atoms with van der Waals surface area (Å²) >= 11 is 11.5. The largest absolute Gasteiger partial charge is 0.445 e. The molecule has 1 nitrogen and oxygen atoms in total. The van der Waals surface area contributed by atoms with Crippen LogP contribution in [0.1, 0.15) is 70.8 Å². The summed E-state index contributed by atoms with van der Waals surface area (Å²) in [4.78, 5) is 1.25. The second kappa shape index (κ2) is 13.6. The Balaban J connectivity index is 0.000000215. The van der Waals surface area contributed by atoms with Crippen molar-refractivity contribution in [2.45, 2.75) is 75.4 Å². The third-order valence-corrected chi connectivity index (χ3v) is 8.94. The molecule has 178 valence electrons. The predicted molar refractivity (Wildman–Crippen MR) is 151 cm³/mol. The molecule has 3 aromatic rings. The van der Waals surface area contributed by atoms with E-state index in [9.17, 15) is 0 Å². The zero-order chi connectivity index (χ0) is 23.6. The summed E-state index contributed by atoms with van der Waals surface area (Å²) in [6, 6.07) is 21.0. The molecule has 1 aromatic heterocycles. The van der Waals surface area contributed by atoms with Gasteiger partial charge in [0, 0.05) is 21.6 Å². The van der Waals surface area contributed by atoms with E-state index >= 15 is 0 Å². The van der Waals surface area contributed by atoms with Gasteiger partial charge in [0.15, 0.2) is 4.71 Å². The molecule has 1 aliphatic carbocycles. The molecule has 2 aromatic carbocycles. The molecule has 0 saturated heterocycles. The van der Waals surface area contributed by atoms with Gasteiger partial charge in [-0.3, -0.25) is 0 Å². The molecular weight excluding hydrogens is 461 g/mol. The quantitative estimate of drug-likeness (QED) is 0.136. The average Bonchev–Trinajstić information content (AvgIpc) is 2.84. The number of hydrogen-bond acceptors (Lipinski definition) is 4. The Morgan fingerprint density at radius 1 is 1.03 bits per heavy atom. The fourth-order valence-corrected chi connectivity index (χ4v) is 6.32. The third-order valence-electron chi connectivity index (χ3n) is 6.93. The Bertz CT molecular complexity index is 1030. The lowest BCUT2D eigenvalue weighted by molar-refractivity contribution is 0.169. The van der Waals surface area contributed by atoms with Gasteiger partial charge in [-0.25, -0.2) is 0 Å². The Hall–Kier alpha value is -1.23. The van der Waals surface area contributed by atoms with Gasteiger partial charge >= 0.3 is 0 Å². The number of thioether (sulfide) groups is 1. The van der Waals surface area contributed by atoms with Crippen LogP contribution in [0.15, 0.2) is 70.0 Å². The van der Waals surface area contributed by atoms with Gasteiger partial charge in [-0.2, -0.15) is 12.6 Å². The highest BCUT2D eigenvalue weighted by Crippen LogP contribution is 2.46. The molecule has 0 aliphatic heterocycles. The molecule has 0 radical (unpaired) electrons. The van der Waals surface area contributed by atoms with Crippen LogP contribution in [-0.4, -0.2) is 11.0 Å². The van der Waals surface area contributed by atoms with Crippen LogP contribution in [0.25, 0.3) is 11.0 Å². The summed E-state index contributed by atoms with van der Waals surface area (Å²) in [7, 11) is 0. The number of thiol groups is 1. The van der Waals surface area contributed by atoms with Crippen molar-refractivity contribution in [3.63, 3.8) is 0 Å². The fourth-order valence-electron chi connectivity index (χ4n) is 4.54. The SMILES string of the molecule is CC1CC(c2ccccc2)C1C.CCC(CCCCCS)Sc1cc(=S)oc2ccccc12. The molecule has 33 heavy (non-hydrogen) atoms. The van der Waals surface area contributed by atoms with Crippen LogP contribution >= 0.6 is 36.6 Å². The van der Waals surface area contributed by atoms with Gasteiger partial charge in [-0.15, -0.1) is 11.8 Å². The fraction of sp³-hybridized carbons (Fsp3) is 0.483. The van der Waals surface area contributed by atoms with E-state index in [1.165, 1.54) is 54.4 Å². The summed E-state index contributed by atoms with van der Waals surface area (Å²) < 4.78 is 6.19. The van der Waals surface area contributed by atoms with E-state index in [0.717, 1.165) is 29.1 Å². The van der Waals surface area contributed by atoms with Gasteiger partial charge < -0.3 is 4.42 Å². The summed E-state index contributed by atoms with van der Waals surface area (Å²) in [5.74, 6) is 3.64. The summed E-state index contributed by atoms with van der Waals surface area (Å²) in [5.41, 5.74) is 2.42. The molecule has 1 fully saturated rings. The molecule has 0 bridgehead atoms. The van der Waals surface area contributed by atoms with Crippen LogP contribution < -0.4 is 0 Å². The van der Waals surface area contributed by atoms with Gasteiger partial charge in [0.2, 0.25) is 0 Å². The van der Waals surface area contributed by atoms with Gasteiger partial charge in [0.25, 0.3) is 0 Å². The van der Waals surface area contributed by atoms with Gasteiger partial charge in [-0.1, -0.05) is 82.1 Å². The highest BCUT2D eigenvalue weighted by atomic mass is 32.2. The lowest BCUT2D eigenvalue weighted by atomic mass is 9.64. The molecule has 4 unspecified atom stereocenters. The van der Waals surface area contributed by atoms with Crippen molar-refractivity contribution in [2.24, 2.45) is 11.8 Å². The lowest BCUT2D eigenvalue weighted by Gasteiger charge is -2.41. The van der Waals surface area contributed by atoms with Crippen molar-refractivity contribution in [2.75, 3.05) is 5.75 Å². The predicted octanol–water partition coefficient (Wildman–Crippen LogP) is 9.97. The molecular formula is C29H38OS3. The van der Waals surface area contributed by atoms with E-state index < -0.39 is 0 Å². The number of rotatable bonds is 9. The average molecular weight is 499 g/mol. The van der Waals surface area contributed by atoms with Crippen molar-refractivity contribution in [3.8, 4) is 0 Å². The maximum Gasteiger partial charge on any atom is 0.191 e. The summed E-state index contributed by atoms with van der Waals surface area (Å²) in [6.07, 6.45) is 7.58. The zero-order valence-corrected chi connectivity index (χ0v) is 22.7. The molecule has 4 rings (SSSR count). The number of para-hydroxylation sites is 1. The van der Waals surface area contributed by atoms with Crippen molar-refractivity contribution in [1.82, 2.24) is 0 Å². The first-order chi connectivity index (χ1) is 16.0. The Kier molecular flexibility index (Phi) is 10.9.